The molecule has 0 aliphatic rings. The molecule has 0 spiro atoms. The Kier molecular flexibility index (Phi) is 3.78. The van der Waals surface area contributed by atoms with E-state index in [0.717, 1.165) is 0 Å². The highest BCUT2D eigenvalue weighted by Crippen LogP contribution is 2.07. The minimum Gasteiger partial charge on any atom is -0.346 e. The summed E-state index contributed by atoms with van der Waals surface area (Å²) in [5.74, 6) is -0.324. The third kappa shape index (κ3) is 3.47. The number of nitrogens with one attached hydrogen (secondary N) is 2. The van der Waals surface area contributed by atoms with Gasteiger partial charge in [0.05, 0.1) is 0 Å². The van der Waals surface area contributed by atoms with Crippen LogP contribution in [-0.4, -0.2) is 28.2 Å². The van der Waals surface area contributed by atoms with Crippen LogP contribution in [-0.2, 0) is 0 Å². The number of nitrogens with zero attached hydrogens (tertiary/aromatic N) is 1. The molecule has 0 unspecified atom stereocenters. The average Bonchev–Trinajstić information content (AvgIpc) is 2.17. The Bertz CT molecular complexity index is 405. The Balaban J connectivity index is 2.72. The number of H-pyrrole nitrogens is 1. The Labute approximate surface area is 93.2 Å². The highest BCUT2D eigenvalue weighted by molar-refractivity contribution is 5.92. The van der Waals surface area contributed by atoms with Crippen LogP contribution in [0.1, 0.15) is 30.8 Å². The van der Waals surface area contributed by atoms with Crippen molar-refractivity contribution in [2.24, 2.45) is 5.73 Å². The molecular weight excluding hydrogens is 208 g/mol. The summed E-state index contributed by atoms with van der Waals surface area (Å²) in [5.41, 5.74) is 4.90. The fourth-order valence-corrected chi connectivity index (χ4v) is 1.27. The number of rotatable bonds is 4. The summed E-state index contributed by atoms with van der Waals surface area (Å²) in [6.45, 7) is 4.25. The van der Waals surface area contributed by atoms with Gasteiger partial charge in [-0.25, -0.2) is 5.10 Å². The zero-order chi connectivity index (χ0) is 12.2. The van der Waals surface area contributed by atoms with Crippen LogP contribution in [0.5, 0.6) is 0 Å². The summed E-state index contributed by atoms with van der Waals surface area (Å²) in [6.07, 6.45) is 0.669. The largest absolute Gasteiger partial charge is 0.346 e. The minimum absolute atomic E-state index is 0.185. The molecule has 0 aromatic carbocycles. The fourth-order valence-electron chi connectivity index (χ4n) is 1.27. The lowest BCUT2D eigenvalue weighted by Crippen LogP contribution is -2.45. The first-order valence-corrected chi connectivity index (χ1v) is 5.03. The lowest BCUT2D eigenvalue weighted by atomic mass is 10.0. The Morgan fingerprint density at radius 1 is 1.56 bits per heavy atom. The number of hydrogen-bond acceptors (Lipinski definition) is 4. The molecule has 4 N–H and O–H groups in total. The zero-order valence-electron chi connectivity index (χ0n) is 9.41. The monoisotopic (exact) mass is 224 g/mol. The second kappa shape index (κ2) is 4.89. The lowest BCUT2D eigenvalue weighted by molar-refractivity contribution is 0.0904. The van der Waals surface area contributed by atoms with E-state index in [2.05, 4.69) is 15.5 Å². The van der Waals surface area contributed by atoms with Crippen molar-refractivity contribution in [1.82, 2.24) is 15.5 Å². The maximum Gasteiger partial charge on any atom is 0.272 e. The molecule has 0 atom stereocenters. The van der Waals surface area contributed by atoms with Crippen molar-refractivity contribution in [2.45, 2.75) is 25.8 Å². The van der Waals surface area contributed by atoms with Crippen LogP contribution in [0.4, 0.5) is 0 Å². The molecule has 6 heteroatoms. The number of nitrogens with two attached hydrogens (primary N) is 1. The third-order valence-corrected chi connectivity index (χ3v) is 2.13. The van der Waals surface area contributed by atoms with E-state index < -0.39 is 0 Å². The molecule has 1 rings (SSSR count). The first-order valence-electron chi connectivity index (χ1n) is 5.03. The summed E-state index contributed by atoms with van der Waals surface area (Å²) < 4.78 is 0. The van der Waals surface area contributed by atoms with Crippen molar-refractivity contribution >= 4 is 5.91 Å². The van der Waals surface area contributed by atoms with Gasteiger partial charge < -0.3 is 11.1 Å². The van der Waals surface area contributed by atoms with Crippen molar-refractivity contribution in [2.75, 3.05) is 6.54 Å². The van der Waals surface area contributed by atoms with Crippen LogP contribution < -0.4 is 16.6 Å². The molecule has 1 aromatic rings. The molecule has 1 amide bonds. The summed E-state index contributed by atoms with van der Waals surface area (Å²) in [7, 11) is 0. The molecule has 1 heterocycles. The van der Waals surface area contributed by atoms with Crippen molar-refractivity contribution in [1.29, 1.82) is 0 Å². The van der Waals surface area contributed by atoms with E-state index in [1.54, 1.807) is 0 Å². The molecule has 0 aliphatic carbocycles. The van der Waals surface area contributed by atoms with E-state index in [9.17, 15) is 9.59 Å². The smallest absolute Gasteiger partial charge is 0.272 e. The molecule has 0 radical (unpaired) electrons. The van der Waals surface area contributed by atoms with Gasteiger partial charge in [-0.1, -0.05) is 0 Å². The highest BCUT2D eigenvalue weighted by Gasteiger charge is 2.20. The van der Waals surface area contributed by atoms with Crippen LogP contribution in [0.15, 0.2) is 16.9 Å². The number of carbonyl (C=O) groups excluding carboxylic acids is 1. The van der Waals surface area contributed by atoms with Gasteiger partial charge in [-0.05, 0) is 32.9 Å². The molecule has 0 saturated carbocycles. The SMILES string of the molecule is CC(C)(CCN)NC(=O)c1ccc(=O)[nH]n1. The number of amides is 1. The summed E-state index contributed by atoms with van der Waals surface area (Å²) >= 11 is 0. The van der Waals surface area contributed by atoms with Gasteiger partial charge in [0.2, 0.25) is 0 Å². The van der Waals surface area contributed by atoms with E-state index in [1.807, 2.05) is 13.8 Å². The van der Waals surface area contributed by atoms with Gasteiger partial charge >= 0.3 is 0 Å². The van der Waals surface area contributed by atoms with Crippen molar-refractivity contribution in [3.05, 3.63) is 28.2 Å². The molecule has 88 valence electrons. The summed E-state index contributed by atoms with van der Waals surface area (Å²) in [5, 5.41) is 8.64. The molecule has 0 aliphatic heterocycles. The first-order chi connectivity index (χ1) is 7.44. The van der Waals surface area contributed by atoms with E-state index >= 15 is 0 Å². The maximum absolute atomic E-state index is 11.7. The molecule has 16 heavy (non-hydrogen) atoms. The predicted octanol–water partition coefficient (Wildman–Crippen LogP) is -0.373. The van der Waals surface area contributed by atoms with E-state index in [1.165, 1.54) is 12.1 Å². The zero-order valence-corrected chi connectivity index (χ0v) is 9.41. The number of hydrogen-bond donors (Lipinski definition) is 3. The fraction of sp³-hybridized carbons (Fsp3) is 0.500. The van der Waals surface area contributed by atoms with Crippen LogP contribution in [0.2, 0.25) is 0 Å². The number of carbonyl (C=O) groups is 1. The number of aromatic nitrogens is 2. The van der Waals surface area contributed by atoms with E-state index in [0.29, 0.717) is 13.0 Å². The Morgan fingerprint density at radius 3 is 2.75 bits per heavy atom. The number of aromatic amines is 1. The summed E-state index contributed by atoms with van der Waals surface area (Å²) in [4.78, 5) is 22.5. The molecular formula is C10H16N4O2. The van der Waals surface area contributed by atoms with Crippen LogP contribution in [0.3, 0.4) is 0 Å². The van der Waals surface area contributed by atoms with Gasteiger partial charge in [-0.15, -0.1) is 0 Å². The van der Waals surface area contributed by atoms with Gasteiger partial charge in [-0.2, -0.15) is 5.10 Å². The van der Waals surface area contributed by atoms with Crippen molar-refractivity contribution < 1.29 is 4.79 Å². The molecule has 6 nitrogen and oxygen atoms in total. The highest BCUT2D eigenvalue weighted by atomic mass is 16.2. The third-order valence-electron chi connectivity index (χ3n) is 2.13. The minimum atomic E-state index is -0.385. The quantitative estimate of drug-likeness (QED) is 0.649. The predicted molar refractivity (Wildman–Crippen MR) is 60.1 cm³/mol. The molecule has 0 saturated heterocycles. The second-order valence-electron chi connectivity index (χ2n) is 4.18. The van der Waals surface area contributed by atoms with Crippen LogP contribution >= 0.6 is 0 Å². The van der Waals surface area contributed by atoms with Crippen molar-refractivity contribution in [3.8, 4) is 0 Å². The van der Waals surface area contributed by atoms with Gasteiger partial charge in [0, 0.05) is 11.6 Å². The van der Waals surface area contributed by atoms with Crippen molar-refractivity contribution in [3.63, 3.8) is 0 Å². The normalized spacial score (nSPS) is 11.2. The summed E-state index contributed by atoms with van der Waals surface area (Å²) in [6, 6.07) is 2.64. The standard InChI is InChI=1S/C10H16N4O2/c1-10(2,5-6-11)12-9(16)7-3-4-8(15)14-13-7/h3-4H,5-6,11H2,1-2H3,(H,12,16)(H,14,15). The Hall–Kier alpha value is -1.69. The molecule has 0 bridgehead atoms. The Morgan fingerprint density at radius 2 is 2.25 bits per heavy atom. The molecule has 1 aromatic heterocycles. The van der Waals surface area contributed by atoms with Gasteiger partial charge in [-0.3, -0.25) is 9.59 Å². The topological polar surface area (TPSA) is 101 Å². The van der Waals surface area contributed by atoms with E-state index in [-0.39, 0.29) is 22.7 Å². The van der Waals surface area contributed by atoms with Crippen LogP contribution in [0, 0.1) is 0 Å². The first kappa shape index (κ1) is 12.4. The van der Waals surface area contributed by atoms with Gasteiger partial charge in [0.1, 0.15) is 5.69 Å². The molecule has 0 fully saturated rings. The van der Waals surface area contributed by atoms with Crippen LogP contribution in [0.25, 0.3) is 0 Å². The average molecular weight is 224 g/mol. The lowest BCUT2D eigenvalue weighted by Gasteiger charge is -2.25. The van der Waals surface area contributed by atoms with Gasteiger partial charge in [0.25, 0.3) is 11.5 Å². The van der Waals surface area contributed by atoms with E-state index in [4.69, 9.17) is 5.73 Å². The second-order valence-corrected chi connectivity index (χ2v) is 4.18. The maximum atomic E-state index is 11.7. The van der Waals surface area contributed by atoms with Gasteiger partial charge in [0.15, 0.2) is 0 Å².